The predicted molar refractivity (Wildman–Crippen MR) is 78.0 cm³/mol. The lowest BCUT2D eigenvalue weighted by molar-refractivity contribution is 0.473. The van der Waals surface area contributed by atoms with Crippen molar-refractivity contribution in [1.29, 1.82) is 5.26 Å². The normalized spacial score (nSPS) is 11.9. The Kier molecular flexibility index (Phi) is 6.60. The van der Waals surface area contributed by atoms with E-state index < -0.39 is 0 Å². The fraction of sp³-hybridized carbons (Fsp3) is 0.533. The van der Waals surface area contributed by atoms with E-state index in [0.29, 0.717) is 16.5 Å². The van der Waals surface area contributed by atoms with Gasteiger partial charge < -0.3 is 5.32 Å². The standard InChI is InChI=1S/C15H21ClN2/c1-3-5-6-12(4-2)11-18-15-8-7-14(16)9-13(15)10-17/h7-9,12,18H,3-6,11H2,1-2H3. The van der Waals surface area contributed by atoms with Crippen molar-refractivity contribution in [2.45, 2.75) is 39.5 Å². The van der Waals surface area contributed by atoms with Crippen molar-refractivity contribution in [1.82, 2.24) is 0 Å². The van der Waals surface area contributed by atoms with E-state index >= 15 is 0 Å². The Morgan fingerprint density at radius 2 is 2.17 bits per heavy atom. The maximum Gasteiger partial charge on any atom is 0.101 e. The summed E-state index contributed by atoms with van der Waals surface area (Å²) in [4.78, 5) is 0. The summed E-state index contributed by atoms with van der Waals surface area (Å²) in [5, 5.41) is 13.0. The van der Waals surface area contributed by atoms with Gasteiger partial charge in [-0.05, 0) is 30.5 Å². The summed E-state index contributed by atoms with van der Waals surface area (Å²) >= 11 is 5.88. The van der Waals surface area contributed by atoms with E-state index in [0.717, 1.165) is 12.2 Å². The molecule has 3 heteroatoms. The van der Waals surface area contributed by atoms with E-state index in [-0.39, 0.29) is 0 Å². The van der Waals surface area contributed by atoms with Gasteiger partial charge in [0.05, 0.1) is 11.3 Å². The Balaban J connectivity index is 2.59. The van der Waals surface area contributed by atoms with Crippen LogP contribution in [0.4, 0.5) is 5.69 Å². The minimum Gasteiger partial charge on any atom is -0.384 e. The Hall–Kier alpha value is -1.20. The molecule has 0 heterocycles. The van der Waals surface area contributed by atoms with Gasteiger partial charge in [-0.1, -0.05) is 44.7 Å². The number of halogens is 1. The fourth-order valence-electron chi connectivity index (χ4n) is 1.96. The fourth-order valence-corrected chi connectivity index (χ4v) is 2.13. The number of hydrogen-bond acceptors (Lipinski definition) is 2. The first-order valence-electron chi connectivity index (χ1n) is 6.64. The van der Waals surface area contributed by atoms with Crippen LogP contribution in [0.1, 0.15) is 45.1 Å². The summed E-state index contributed by atoms with van der Waals surface area (Å²) in [7, 11) is 0. The van der Waals surface area contributed by atoms with Crippen molar-refractivity contribution in [3.63, 3.8) is 0 Å². The van der Waals surface area contributed by atoms with E-state index in [1.54, 1.807) is 6.07 Å². The number of nitrogens with zero attached hydrogens (tertiary/aromatic N) is 1. The van der Waals surface area contributed by atoms with Gasteiger partial charge in [0, 0.05) is 11.6 Å². The number of anilines is 1. The number of rotatable bonds is 7. The Morgan fingerprint density at radius 3 is 2.78 bits per heavy atom. The van der Waals surface area contributed by atoms with Crippen molar-refractivity contribution >= 4 is 17.3 Å². The lowest BCUT2D eigenvalue weighted by atomic mass is 9.99. The molecule has 0 bridgehead atoms. The number of benzene rings is 1. The van der Waals surface area contributed by atoms with Crippen LogP contribution in [0.15, 0.2) is 18.2 Å². The maximum absolute atomic E-state index is 9.06. The first kappa shape index (κ1) is 14.9. The first-order chi connectivity index (χ1) is 8.71. The van der Waals surface area contributed by atoms with Gasteiger partial charge in [0.1, 0.15) is 6.07 Å². The molecule has 0 radical (unpaired) electrons. The zero-order valence-electron chi connectivity index (χ0n) is 11.2. The molecule has 1 N–H and O–H groups in total. The molecule has 0 aromatic heterocycles. The van der Waals surface area contributed by atoms with Crippen LogP contribution in [-0.4, -0.2) is 6.54 Å². The van der Waals surface area contributed by atoms with E-state index in [1.165, 1.54) is 25.7 Å². The van der Waals surface area contributed by atoms with Crippen LogP contribution < -0.4 is 5.32 Å². The number of hydrogen-bond donors (Lipinski definition) is 1. The summed E-state index contributed by atoms with van der Waals surface area (Å²) in [5.41, 5.74) is 1.50. The maximum atomic E-state index is 9.06. The molecule has 0 amide bonds. The molecule has 1 rings (SSSR count). The second kappa shape index (κ2) is 8.00. The van der Waals surface area contributed by atoms with Crippen molar-refractivity contribution < 1.29 is 0 Å². The molecule has 0 saturated carbocycles. The molecule has 1 unspecified atom stereocenters. The van der Waals surface area contributed by atoms with Gasteiger partial charge in [0.15, 0.2) is 0 Å². The van der Waals surface area contributed by atoms with Crippen molar-refractivity contribution in [3.8, 4) is 6.07 Å². The summed E-state index contributed by atoms with van der Waals surface area (Å²) in [6.45, 7) is 5.36. The highest BCUT2D eigenvalue weighted by atomic mass is 35.5. The highest BCUT2D eigenvalue weighted by molar-refractivity contribution is 6.30. The number of unbranched alkanes of at least 4 members (excludes halogenated alkanes) is 1. The molecule has 0 aliphatic carbocycles. The van der Waals surface area contributed by atoms with Gasteiger partial charge in [0.25, 0.3) is 0 Å². The van der Waals surface area contributed by atoms with Crippen molar-refractivity contribution in [2.75, 3.05) is 11.9 Å². The monoisotopic (exact) mass is 264 g/mol. The Bertz CT molecular complexity index is 409. The highest BCUT2D eigenvalue weighted by Gasteiger charge is 2.07. The molecular weight excluding hydrogens is 244 g/mol. The third kappa shape index (κ3) is 4.58. The van der Waals surface area contributed by atoms with Crippen LogP contribution in [0.25, 0.3) is 0 Å². The second-order valence-electron chi connectivity index (χ2n) is 4.60. The Labute approximate surface area is 115 Å². The smallest absolute Gasteiger partial charge is 0.101 e. The molecule has 0 aliphatic heterocycles. The lowest BCUT2D eigenvalue weighted by Crippen LogP contribution is -2.14. The van der Waals surface area contributed by atoms with Crippen LogP contribution in [0.2, 0.25) is 5.02 Å². The van der Waals surface area contributed by atoms with Gasteiger partial charge in [-0.25, -0.2) is 0 Å². The van der Waals surface area contributed by atoms with Crippen LogP contribution >= 0.6 is 11.6 Å². The molecular formula is C15H21ClN2. The number of nitriles is 1. The summed E-state index contributed by atoms with van der Waals surface area (Å²) < 4.78 is 0. The minimum atomic E-state index is 0.607. The summed E-state index contributed by atoms with van der Waals surface area (Å²) in [6.07, 6.45) is 4.92. The molecule has 0 aliphatic rings. The van der Waals surface area contributed by atoms with Crippen molar-refractivity contribution in [2.24, 2.45) is 5.92 Å². The van der Waals surface area contributed by atoms with Gasteiger partial charge in [-0.3, -0.25) is 0 Å². The molecule has 1 aromatic rings. The minimum absolute atomic E-state index is 0.607. The quantitative estimate of drug-likeness (QED) is 0.765. The zero-order chi connectivity index (χ0) is 13.4. The molecule has 0 fully saturated rings. The zero-order valence-corrected chi connectivity index (χ0v) is 11.9. The third-order valence-electron chi connectivity index (χ3n) is 3.23. The predicted octanol–water partition coefficient (Wildman–Crippen LogP) is 4.84. The molecule has 0 saturated heterocycles. The van der Waals surface area contributed by atoms with Crippen molar-refractivity contribution in [3.05, 3.63) is 28.8 Å². The average Bonchev–Trinajstić information content (AvgIpc) is 2.40. The van der Waals surface area contributed by atoms with E-state index in [1.807, 2.05) is 12.1 Å². The van der Waals surface area contributed by atoms with Crippen LogP contribution in [0.5, 0.6) is 0 Å². The van der Waals surface area contributed by atoms with Gasteiger partial charge in [-0.2, -0.15) is 5.26 Å². The van der Waals surface area contributed by atoms with Crippen LogP contribution in [-0.2, 0) is 0 Å². The summed E-state index contributed by atoms with van der Waals surface area (Å²) in [5.74, 6) is 0.673. The molecule has 2 nitrogen and oxygen atoms in total. The van der Waals surface area contributed by atoms with Gasteiger partial charge in [0.2, 0.25) is 0 Å². The SMILES string of the molecule is CCCCC(CC)CNc1ccc(Cl)cc1C#N. The topological polar surface area (TPSA) is 35.8 Å². The second-order valence-corrected chi connectivity index (χ2v) is 5.04. The van der Waals surface area contributed by atoms with Gasteiger partial charge >= 0.3 is 0 Å². The van der Waals surface area contributed by atoms with E-state index in [4.69, 9.17) is 16.9 Å². The van der Waals surface area contributed by atoms with E-state index in [2.05, 4.69) is 25.2 Å². The molecule has 1 atom stereocenters. The summed E-state index contributed by atoms with van der Waals surface area (Å²) in [6, 6.07) is 7.58. The average molecular weight is 265 g/mol. The Morgan fingerprint density at radius 1 is 1.39 bits per heavy atom. The van der Waals surface area contributed by atoms with Crippen LogP contribution in [0.3, 0.4) is 0 Å². The molecule has 0 spiro atoms. The molecule has 1 aromatic carbocycles. The van der Waals surface area contributed by atoms with Crippen LogP contribution in [0, 0.1) is 17.2 Å². The third-order valence-corrected chi connectivity index (χ3v) is 3.46. The lowest BCUT2D eigenvalue weighted by Gasteiger charge is -2.16. The molecule has 18 heavy (non-hydrogen) atoms. The molecule has 98 valence electrons. The van der Waals surface area contributed by atoms with E-state index in [9.17, 15) is 0 Å². The first-order valence-corrected chi connectivity index (χ1v) is 7.02. The largest absolute Gasteiger partial charge is 0.384 e. The number of nitrogens with one attached hydrogen (secondary N) is 1. The van der Waals surface area contributed by atoms with Gasteiger partial charge in [-0.15, -0.1) is 0 Å². The highest BCUT2D eigenvalue weighted by Crippen LogP contribution is 2.21.